The van der Waals surface area contributed by atoms with Crippen molar-refractivity contribution in [2.75, 3.05) is 0 Å². The Kier molecular flexibility index (Phi) is 2.91. The van der Waals surface area contributed by atoms with Crippen molar-refractivity contribution in [2.24, 2.45) is 5.16 Å². The number of halogens is 1. The van der Waals surface area contributed by atoms with Gasteiger partial charge in [0.1, 0.15) is 5.82 Å². The zero-order valence-electron chi connectivity index (χ0n) is 8.34. The second kappa shape index (κ2) is 4.53. The van der Waals surface area contributed by atoms with Gasteiger partial charge in [-0.2, -0.15) is 0 Å². The lowest BCUT2D eigenvalue weighted by Gasteiger charge is -2.01. The topological polar surface area (TPSA) is 45.5 Å². The summed E-state index contributed by atoms with van der Waals surface area (Å²) in [7, 11) is 0. The second-order valence-electron chi connectivity index (χ2n) is 3.26. The summed E-state index contributed by atoms with van der Waals surface area (Å²) in [4.78, 5) is 4.01. The van der Waals surface area contributed by atoms with Crippen LogP contribution < -0.4 is 0 Å². The molecule has 0 radical (unpaired) electrons. The lowest BCUT2D eigenvalue weighted by atomic mass is 10.1. The molecule has 0 bridgehead atoms. The van der Waals surface area contributed by atoms with Crippen molar-refractivity contribution < 1.29 is 9.60 Å². The van der Waals surface area contributed by atoms with Crippen LogP contribution in [-0.4, -0.2) is 16.4 Å². The van der Waals surface area contributed by atoms with Gasteiger partial charge in [0.05, 0.1) is 6.21 Å². The first kappa shape index (κ1) is 10.3. The SMILES string of the molecule is O/N=C/c1cncc(-c2ccc(F)cc2)c1. The lowest BCUT2D eigenvalue weighted by molar-refractivity contribution is 0.322. The van der Waals surface area contributed by atoms with Crippen molar-refractivity contribution in [3.63, 3.8) is 0 Å². The van der Waals surface area contributed by atoms with Crippen molar-refractivity contribution >= 4 is 6.21 Å². The van der Waals surface area contributed by atoms with Crippen LogP contribution in [-0.2, 0) is 0 Å². The van der Waals surface area contributed by atoms with Crippen molar-refractivity contribution in [1.82, 2.24) is 4.98 Å². The molecule has 0 atom stereocenters. The number of pyridine rings is 1. The Morgan fingerprint density at radius 2 is 1.88 bits per heavy atom. The largest absolute Gasteiger partial charge is 0.411 e. The van der Waals surface area contributed by atoms with Crippen LogP contribution in [0.4, 0.5) is 4.39 Å². The Morgan fingerprint density at radius 3 is 2.56 bits per heavy atom. The molecule has 1 heterocycles. The highest BCUT2D eigenvalue weighted by molar-refractivity contribution is 5.81. The minimum atomic E-state index is -0.273. The maximum atomic E-state index is 12.7. The lowest BCUT2D eigenvalue weighted by Crippen LogP contribution is -1.86. The number of rotatable bonds is 2. The Bertz CT molecular complexity index is 509. The van der Waals surface area contributed by atoms with E-state index < -0.39 is 0 Å². The Balaban J connectivity index is 2.40. The van der Waals surface area contributed by atoms with Gasteiger partial charge in [-0.1, -0.05) is 17.3 Å². The van der Waals surface area contributed by atoms with Gasteiger partial charge in [-0.05, 0) is 23.8 Å². The summed E-state index contributed by atoms with van der Waals surface area (Å²) < 4.78 is 12.7. The van der Waals surface area contributed by atoms with Crippen LogP contribution >= 0.6 is 0 Å². The quantitative estimate of drug-likeness (QED) is 0.476. The fourth-order valence-electron chi connectivity index (χ4n) is 1.40. The molecule has 0 unspecified atom stereocenters. The molecule has 1 aromatic carbocycles. The second-order valence-corrected chi connectivity index (χ2v) is 3.26. The van der Waals surface area contributed by atoms with Gasteiger partial charge in [-0.3, -0.25) is 4.98 Å². The van der Waals surface area contributed by atoms with E-state index in [0.717, 1.165) is 11.1 Å². The Morgan fingerprint density at radius 1 is 1.12 bits per heavy atom. The average molecular weight is 216 g/mol. The van der Waals surface area contributed by atoms with Gasteiger partial charge in [-0.15, -0.1) is 0 Å². The van der Waals surface area contributed by atoms with Crippen LogP contribution in [0.1, 0.15) is 5.56 Å². The molecule has 4 heteroatoms. The summed E-state index contributed by atoms with van der Waals surface area (Å²) in [5.41, 5.74) is 2.39. The van der Waals surface area contributed by atoms with Crippen molar-refractivity contribution in [3.8, 4) is 11.1 Å². The fourth-order valence-corrected chi connectivity index (χ4v) is 1.40. The minimum Gasteiger partial charge on any atom is -0.411 e. The fraction of sp³-hybridized carbons (Fsp3) is 0. The summed E-state index contributed by atoms with van der Waals surface area (Å²) in [5, 5.41) is 11.3. The van der Waals surface area contributed by atoms with Gasteiger partial charge in [0, 0.05) is 23.5 Å². The maximum Gasteiger partial charge on any atom is 0.123 e. The third kappa shape index (κ3) is 2.23. The predicted molar refractivity (Wildman–Crippen MR) is 59.0 cm³/mol. The molecule has 80 valence electrons. The van der Waals surface area contributed by atoms with E-state index in [1.54, 1.807) is 30.6 Å². The molecule has 0 aliphatic rings. The van der Waals surface area contributed by atoms with Crippen LogP contribution in [0.5, 0.6) is 0 Å². The van der Waals surface area contributed by atoms with E-state index >= 15 is 0 Å². The van der Waals surface area contributed by atoms with E-state index in [1.807, 2.05) is 0 Å². The van der Waals surface area contributed by atoms with E-state index in [9.17, 15) is 4.39 Å². The summed E-state index contributed by atoms with van der Waals surface area (Å²) in [6.45, 7) is 0. The maximum absolute atomic E-state index is 12.7. The smallest absolute Gasteiger partial charge is 0.123 e. The predicted octanol–water partition coefficient (Wildman–Crippen LogP) is 2.70. The van der Waals surface area contributed by atoms with Crippen molar-refractivity contribution in [1.29, 1.82) is 0 Å². The highest BCUT2D eigenvalue weighted by Crippen LogP contribution is 2.19. The van der Waals surface area contributed by atoms with Crippen molar-refractivity contribution in [3.05, 3.63) is 54.1 Å². The normalized spacial score (nSPS) is 10.8. The van der Waals surface area contributed by atoms with Crippen molar-refractivity contribution in [2.45, 2.75) is 0 Å². The highest BCUT2D eigenvalue weighted by Gasteiger charge is 1.99. The molecular formula is C12H9FN2O. The zero-order valence-corrected chi connectivity index (χ0v) is 8.34. The minimum absolute atomic E-state index is 0.273. The molecule has 0 amide bonds. The van der Waals surface area contributed by atoms with Crippen LogP contribution in [0, 0.1) is 5.82 Å². The first-order chi connectivity index (χ1) is 7.79. The van der Waals surface area contributed by atoms with Gasteiger partial charge in [-0.25, -0.2) is 4.39 Å². The van der Waals surface area contributed by atoms with E-state index in [1.165, 1.54) is 18.3 Å². The molecule has 0 fully saturated rings. The first-order valence-corrected chi connectivity index (χ1v) is 4.68. The molecule has 1 aromatic heterocycles. The molecule has 2 aromatic rings. The number of nitrogens with zero attached hydrogens (tertiary/aromatic N) is 2. The Labute approximate surface area is 91.9 Å². The van der Waals surface area contributed by atoms with E-state index in [-0.39, 0.29) is 5.82 Å². The highest BCUT2D eigenvalue weighted by atomic mass is 19.1. The summed E-state index contributed by atoms with van der Waals surface area (Å²) in [6.07, 6.45) is 4.54. The van der Waals surface area contributed by atoms with E-state index in [2.05, 4.69) is 10.1 Å². The number of hydrogen-bond acceptors (Lipinski definition) is 3. The average Bonchev–Trinajstić information content (AvgIpc) is 2.31. The molecule has 3 nitrogen and oxygen atoms in total. The molecule has 0 saturated heterocycles. The van der Waals surface area contributed by atoms with Crippen LogP contribution in [0.25, 0.3) is 11.1 Å². The molecule has 16 heavy (non-hydrogen) atoms. The third-order valence-electron chi connectivity index (χ3n) is 2.14. The Hall–Kier alpha value is -2.23. The molecular weight excluding hydrogens is 207 g/mol. The van der Waals surface area contributed by atoms with E-state index in [4.69, 9.17) is 5.21 Å². The molecule has 1 N–H and O–H groups in total. The molecule has 2 rings (SSSR count). The van der Waals surface area contributed by atoms with Crippen LogP contribution in [0.15, 0.2) is 47.9 Å². The van der Waals surface area contributed by atoms with Gasteiger partial charge in [0.25, 0.3) is 0 Å². The number of hydrogen-bond donors (Lipinski definition) is 1. The molecule has 0 aliphatic carbocycles. The molecule has 0 spiro atoms. The van der Waals surface area contributed by atoms with Crippen LogP contribution in [0.3, 0.4) is 0 Å². The molecule has 0 aliphatic heterocycles. The van der Waals surface area contributed by atoms with Gasteiger partial charge in [0.2, 0.25) is 0 Å². The molecule has 0 saturated carbocycles. The summed E-state index contributed by atoms with van der Waals surface area (Å²) in [6, 6.07) is 7.93. The monoisotopic (exact) mass is 216 g/mol. The third-order valence-corrected chi connectivity index (χ3v) is 2.14. The van der Waals surface area contributed by atoms with Gasteiger partial charge >= 0.3 is 0 Å². The number of oxime groups is 1. The summed E-state index contributed by atoms with van der Waals surface area (Å²) in [5.74, 6) is -0.273. The summed E-state index contributed by atoms with van der Waals surface area (Å²) >= 11 is 0. The van der Waals surface area contributed by atoms with Crippen LogP contribution in [0.2, 0.25) is 0 Å². The van der Waals surface area contributed by atoms with E-state index in [0.29, 0.717) is 5.56 Å². The van der Waals surface area contributed by atoms with Gasteiger partial charge in [0.15, 0.2) is 0 Å². The van der Waals surface area contributed by atoms with Gasteiger partial charge < -0.3 is 5.21 Å². The zero-order chi connectivity index (χ0) is 11.4. The number of aromatic nitrogens is 1. The number of benzene rings is 1. The first-order valence-electron chi connectivity index (χ1n) is 4.68. The standard InChI is InChI=1S/C12H9FN2O/c13-12-3-1-10(2-4-12)11-5-9(7-15-16)6-14-8-11/h1-8,16H/b15-7+.